The summed E-state index contributed by atoms with van der Waals surface area (Å²) < 4.78 is 2.98. The molecule has 2 atom stereocenters. The van der Waals surface area contributed by atoms with Crippen molar-refractivity contribution in [3.05, 3.63) is 39.8 Å². The number of amides is 1. The van der Waals surface area contributed by atoms with Crippen molar-refractivity contribution >= 4 is 39.1 Å². The van der Waals surface area contributed by atoms with Crippen LogP contribution < -0.4 is 5.32 Å². The van der Waals surface area contributed by atoms with Crippen molar-refractivity contribution in [1.82, 2.24) is 14.8 Å². The minimum Gasteiger partial charge on any atom is -0.325 e. The summed E-state index contributed by atoms with van der Waals surface area (Å²) in [6.45, 7) is 2.03. The van der Waals surface area contributed by atoms with E-state index in [0.29, 0.717) is 11.8 Å². The topological polar surface area (TPSA) is 59.8 Å². The minimum atomic E-state index is -0.317. The van der Waals surface area contributed by atoms with Crippen molar-refractivity contribution in [1.29, 1.82) is 0 Å². The number of rotatable bonds is 3. The van der Waals surface area contributed by atoms with E-state index in [2.05, 4.69) is 31.3 Å². The van der Waals surface area contributed by atoms with Crippen molar-refractivity contribution in [2.24, 2.45) is 17.3 Å². The van der Waals surface area contributed by atoms with Gasteiger partial charge in [0.25, 0.3) is 0 Å². The number of benzene rings is 1. The lowest BCUT2D eigenvalue weighted by atomic mass is 9.46. The normalized spacial score (nSPS) is 34.0. The quantitative estimate of drug-likeness (QED) is 0.722. The van der Waals surface area contributed by atoms with Crippen LogP contribution >= 0.6 is 27.5 Å². The van der Waals surface area contributed by atoms with Crippen LogP contribution in [0.5, 0.6) is 0 Å². The molecule has 4 aliphatic carbocycles. The molecule has 4 bridgehead atoms. The maximum Gasteiger partial charge on any atom is 0.242 e. The molecule has 1 aromatic heterocycles. The number of nitrogens with one attached hydrogen (secondary N) is 1. The maximum atomic E-state index is 13.5. The van der Waals surface area contributed by atoms with E-state index in [1.54, 1.807) is 6.33 Å². The second-order valence-corrected chi connectivity index (χ2v) is 10.1. The van der Waals surface area contributed by atoms with Crippen molar-refractivity contribution < 1.29 is 4.79 Å². The molecule has 4 fully saturated rings. The van der Waals surface area contributed by atoms with Gasteiger partial charge in [0.1, 0.15) is 6.33 Å². The number of carbonyl (C=O) groups excluding carboxylic acids is 1. The zero-order valence-electron chi connectivity index (χ0n) is 15.2. The molecule has 0 radical (unpaired) electrons. The lowest BCUT2D eigenvalue weighted by Crippen LogP contribution is -2.60. The van der Waals surface area contributed by atoms with E-state index in [1.807, 2.05) is 29.8 Å². The first kappa shape index (κ1) is 17.7. The summed E-state index contributed by atoms with van der Waals surface area (Å²) in [6.07, 6.45) is 7.93. The van der Waals surface area contributed by atoms with Gasteiger partial charge in [-0.3, -0.25) is 4.79 Å². The zero-order chi connectivity index (χ0) is 18.8. The summed E-state index contributed by atoms with van der Waals surface area (Å²) in [5.74, 6) is 1.31. The smallest absolute Gasteiger partial charge is 0.242 e. The molecule has 0 aliphatic heterocycles. The van der Waals surface area contributed by atoms with Gasteiger partial charge in [0.05, 0.1) is 11.0 Å². The lowest BCUT2D eigenvalue weighted by Gasteiger charge is -2.60. The molecule has 1 aromatic carbocycles. The summed E-state index contributed by atoms with van der Waals surface area (Å²) in [6, 6.07) is 5.99. The first-order valence-electron chi connectivity index (χ1n) is 9.53. The van der Waals surface area contributed by atoms with Gasteiger partial charge in [0, 0.05) is 10.2 Å². The lowest BCUT2D eigenvalue weighted by molar-refractivity contribution is -0.150. The number of aryl methyl sites for hydroxylation is 1. The average Bonchev–Trinajstić information content (AvgIpc) is 3.03. The minimum absolute atomic E-state index is 0.115. The number of carbonyl (C=O) groups is 1. The molecule has 0 saturated heterocycles. The molecule has 142 valence electrons. The molecule has 4 aliphatic rings. The first-order valence-corrected chi connectivity index (χ1v) is 10.7. The molecule has 6 rings (SSSR count). The molecule has 0 unspecified atom stereocenters. The van der Waals surface area contributed by atoms with Gasteiger partial charge in [-0.1, -0.05) is 15.9 Å². The van der Waals surface area contributed by atoms with E-state index in [-0.39, 0.29) is 22.1 Å². The summed E-state index contributed by atoms with van der Waals surface area (Å²) in [4.78, 5) is 17.6. The van der Waals surface area contributed by atoms with Crippen LogP contribution in [0.1, 0.15) is 44.1 Å². The van der Waals surface area contributed by atoms with Crippen LogP contribution in [0.15, 0.2) is 29.0 Å². The predicted molar refractivity (Wildman–Crippen MR) is 108 cm³/mol. The molecule has 5 nitrogen and oxygen atoms in total. The van der Waals surface area contributed by atoms with Gasteiger partial charge in [0.2, 0.25) is 11.2 Å². The standard InChI is InChI=1S/C20H22BrClN4O/c1-12-4-15(21)2-3-16(12)24-17(27)19-6-13-5-14(7-19)9-20(8-13,10-19)26-11-23-18(22)25-26/h2-4,11,13-14H,5-10H2,1H3,(H,24,27)/t13-,14-,19?,20?/m0/s1. The highest BCUT2D eigenvalue weighted by molar-refractivity contribution is 9.10. The van der Waals surface area contributed by atoms with Gasteiger partial charge in [-0.05, 0) is 92.6 Å². The average molecular weight is 450 g/mol. The third-order valence-electron chi connectivity index (χ3n) is 6.90. The molecule has 4 saturated carbocycles. The Morgan fingerprint density at radius 1 is 1.30 bits per heavy atom. The summed E-state index contributed by atoms with van der Waals surface area (Å²) in [7, 11) is 0. The molecule has 7 heteroatoms. The van der Waals surface area contributed by atoms with E-state index in [9.17, 15) is 4.79 Å². The zero-order valence-corrected chi connectivity index (χ0v) is 17.6. The Kier molecular flexibility index (Phi) is 3.96. The van der Waals surface area contributed by atoms with Crippen LogP contribution in [0, 0.1) is 24.2 Å². The van der Waals surface area contributed by atoms with Gasteiger partial charge in [-0.2, -0.15) is 0 Å². The van der Waals surface area contributed by atoms with Crippen LogP contribution in [0.25, 0.3) is 0 Å². The fourth-order valence-electron chi connectivity index (χ4n) is 6.24. The predicted octanol–water partition coefficient (Wildman–Crippen LogP) is 4.94. The molecule has 2 aromatic rings. The van der Waals surface area contributed by atoms with Gasteiger partial charge in [-0.25, -0.2) is 9.67 Å². The van der Waals surface area contributed by atoms with Gasteiger partial charge in [-0.15, -0.1) is 5.10 Å². The van der Waals surface area contributed by atoms with Crippen LogP contribution in [0.2, 0.25) is 5.28 Å². The van der Waals surface area contributed by atoms with Gasteiger partial charge < -0.3 is 5.32 Å². The SMILES string of the molecule is Cc1cc(Br)ccc1NC(=O)C12C[C@@H]3C[C@@H](C1)CC(n1cnc(Cl)n1)(C3)C2. The van der Waals surface area contributed by atoms with Crippen molar-refractivity contribution in [3.8, 4) is 0 Å². The molecule has 1 N–H and O–H groups in total. The molecule has 1 heterocycles. The van der Waals surface area contributed by atoms with E-state index < -0.39 is 0 Å². The number of hydrogen-bond donors (Lipinski definition) is 1. The van der Waals surface area contributed by atoms with Gasteiger partial charge in [0.15, 0.2) is 0 Å². The Balaban J connectivity index is 1.47. The Morgan fingerprint density at radius 2 is 2.04 bits per heavy atom. The second kappa shape index (κ2) is 6.05. The van der Waals surface area contributed by atoms with E-state index in [1.165, 1.54) is 6.42 Å². The van der Waals surface area contributed by atoms with Crippen LogP contribution in [-0.4, -0.2) is 20.7 Å². The Bertz CT molecular complexity index is 912. The Morgan fingerprint density at radius 3 is 2.67 bits per heavy atom. The van der Waals surface area contributed by atoms with E-state index in [4.69, 9.17) is 11.6 Å². The van der Waals surface area contributed by atoms with Gasteiger partial charge >= 0.3 is 0 Å². The van der Waals surface area contributed by atoms with Crippen molar-refractivity contribution in [2.45, 2.75) is 51.0 Å². The maximum absolute atomic E-state index is 13.5. The third-order valence-corrected chi connectivity index (χ3v) is 7.56. The number of aromatic nitrogens is 3. The Labute approximate surface area is 172 Å². The monoisotopic (exact) mass is 448 g/mol. The third kappa shape index (κ3) is 2.83. The fraction of sp³-hybridized carbons (Fsp3) is 0.550. The van der Waals surface area contributed by atoms with Crippen LogP contribution in [0.4, 0.5) is 5.69 Å². The summed E-state index contributed by atoms with van der Waals surface area (Å²) >= 11 is 9.50. The molecule has 27 heavy (non-hydrogen) atoms. The van der Waals surface area contributed by atoms with Crippen molar-refractivity contribution in [3.63, 3.8) is 0 Å². The summed E-state index contributed by atoms with van der Waals surface area (Å²) in [5, 5.41) is 7.96. The van der Waals surface area contributed by atoms with E-state index in [0.717, 1.165) is 47.8 Å². The molecule has 0 spiro atoms. The van der Waals surface area contributed by atoms with Crippen LogP contribution in [0.3, 0.4) is 0 Å². The first-order chi connectivity index (χ1) is 12.9. The number of hydrogen-bond acceptors (Lipinski definition) is 3. The Hall–Kier alpha value is -1.40. The van der Waals surface area contributed by atoms with Crippen molar-refractivity contribution in [2.75, 3.05) is 5.32 Å². The number of anilines is 1. The molecular weight excluding hydrogens is 428 g/mol. The molecule has 1 amide bonds. The fourth-order valence-corrected chi connectivity index (χ4v) is 6.84. The second-order valence-electron chi connectivity index (χ2n) is 8.84. The van der Waals surface area contributed by atoms with Crippen LogP contribution in [-0.2, 0) is 10.3 Å². The highest BCUT2D eigenvalue weighted by atomic mass is 79.9. The molecular formula is C20H22BrClN4O. The number of nitrogens with zero attached hydrogens (tertiary/aromatic N) is 3. The number of halogens is 2. The van der Waals surface area contributed by atoms with E-state index >= 15 is 0 Å². The highest BCUT2D eigenvalue weighted by Crippen LogP contribution is 2.64. The highest BCUT2D eigenvalue weighted by Gasteiger charge is 2.61. The summed E-state index contributed by atoms with van der Waals surface area (Å²) in [5.41, 5.74) is 1.54. The largest absolute Gasteiger partial charge is 0.325 e.